The molecule has 1 saturated heterocycles. The van der Waals surface area contributed by atoms with Gasteiger partial charge < -0.3 is 10.2 Å². The molecular weight excluding hydrogens is 344 g/mol. The fraction of sp³-hybridized carbons (Fsp3) is 0.450. The third-order valence-electron chi connectivity index (χ3n) is 4.74. The lowest BCUT2D eigenvalue weighted by atomic mass is 10.0. The fourth-order valence-corrected chi connectivity index (χ4v) is 3.86. The molecule has 1 aromatic carbocycles. The number of aromatic nitrogens is 2. The third-order valence-corrected chi connectivity index (χ3v) is 5.67. The van der Waals surface area contributed by atoms with Crippen LogP contribution in [0.2, 0.25) is 0 Å². The molecule has 1 aliphatic rings. The zero-order valence-electron chi connectivity index (χ0n) is 15.7. The van der Waals surface area contributed by atoms with E-state index in [0.29, 0.717) is 11.8 Å². The van der Waals surface area contributed by atoms with Gasteiger partial charge in [-0.15, -0.1) is 0 Å². The topological polar surface area (TPSA) is 58.1 Å². The standard InChI is InChI=1S/C20H26N4OS/c1-14-7-8-15(2)17(10-14)23-19(25)12-26-20-11-18(21-13-22-20)24-9-5-4-6-16(24)3/h7-8,10-11,13,16H,4-6,9,12H2,1-3H3,(H,23,25)/t16-/m0/s1. The number of carbonyl (C=O) groups excluding carboxylic acids is 1. The number of rotatable bonds is 5. The average Bonchev–Trinajstić information content (AvgIpc) is 2.64. The van der Waals surface area contributed by atoms with Crippen LogP contribution in [0.5, 0.6) is 0 Å². The van der Waals surface area contributed by atoms with Gasteiger partial charge >= 0.3 is 0 Å². The predicted octanol–water partition coefficient (Wildman–Crippen LogP) is 4.20. The Morgan fingerprint density at radius 1 is 1.27 bits per heavy atom. The lowest BCUT2D eigenvalue weighted by Crippen LogP contribution is -2.38. The number of hydrogen-bond acceptors (Lipinski definition) is 5. The SMILES string of the molecule is Cc1ccc(C)c(NC(=O)CSc2cc(N3CCCC[C@@H]3C)ncn2)c1. The van der Waals surface area contributed by atoms with Gasteiger partial charge in [0.25, 0.3) is 0 Å². The summed E-state index contributed by atoms with van der Waals surface area (Å²) in [6, 6.07) is 8.57. The van der Waals surface area contributed by atoms with Crippen LogP contribution < -0.4 is 10.2 Å². The van der Waals surface area contributed by atoms with Crippen molar-refractivity contribution in [1.82, 2.24) is 9.97 Å². The number of nitrogens with zero attached hydrogens (tertiary/aromatic N) is 3. The summed E-state index contributed by atoms with van der Waals surface area (Å²) in [5.41, 5.74) is 3.08. The van der Waals surface area contributed by atoms with Crippen LogP contribution in [-0.4, -0.2) is 34.2 Å². The Morgan fingerprint density at radius 3 is 2.92 bits per heavy atom. The maximum absolute atomic E-state index is 12.3. The third kappa shape index (κ3) is 4.75. The molecule has 1 fully saturated rings. The van der Waals surface area contributed by atoms with Crippen LogP contribution in [0.1, 0.15) is 37.3 Å². The quantitative estimate of drug-likeness (QED) is 0.631. The van der Waals surface area contributed by atoms with Crippen molar-refractivity contribution >= 4 is 29.2 Å². The predicted molar refractivity (Wildman–Crippen MR) is 108 cm³/mol. The summed E-state index contributed by atoms with van der Waals surface area (Å²) in [5, 5.41) is 3.83. The smallest absolute Gasteiger partial charge is 0.234 e. The molecule has 138 valence electrons. The number of benzene rings is 1. The molecule has 1 N–H and O–H groups in total. The highest BCUT2D eigenvalue weighted by atomic mass is 32.2. The summed E-state index contributed by atoms with van der Waals surface area (Å²) in [4.78, 5) is 23.4. The first-order chi connectivity index (χ1) is 12.5. The molecule has 6 heteroatoms. The maximum atomic E-state index is 12.3. The first kappa shape index (κ1) is 18.7. The van der Waals surface area contributed by atoms with Gasteiger partial charge in [0.2, 0.25) is 5.91 Å². The summed E-state index contributed by atoms with van der Waals surface area (Å²) in [7, 11) is 0. The molecular formula is C20H26N4OS. The summed E-state index contributed by atoms with van der Waals surface area (Å²) in [5.74, 6) is 1.28. The van der Waals surface area contributed by atoms with Crippen LogP contribution in [0.3, 0.4) is 0 Å². The molecule has 26 heavy (non-hydrogen) atoms. The number of hydrogen-bond donors (Lipinski definition) is 1. The Hall–Kier alpha value is -2.08. The Balaban J connectivity index is 1.60. The Bertz CT molecular complexity index is 780. The van der Waals surface area contributed by atoms with Gasteiger partial charge in [-0.3, -0.25) is 4.79 Å². The summed E-state index contributed by atoms with van der Waals surface area (Å²) in [6.07, 6.45) is 5.28. The molecule has 1 atom stereocenters. The number of carbonyl (C=O) groups is 1. The number of piperidine rings is 1. The first-order valence-corrected chi connectivity index (χ1v) is 10.1. The van der Waals surface area contributed by atoms with E-state index in [0.717, 1.165) is 34.2 Å². The molecule has 0 radical (unpaired) electrons. The van der Waals surface area contributed by atoms with Gasteiger partial charge in [-0.25, -0.2) is 9.97 Å². The zero-order valence-corrected chi connectivity index (χ0v) is 16.5. The number of aryl methyl sites for hydroxylation is 2. The highest BCUT2D eigenvalue weighted by molar-refractivity contribution is 7.99. The maximum Gasteiger partial charge on any atom is 0.234 e. The van der Waals surface area contributed by atoms with Gasteiger partial charge in [0.15, 0.2) is 0 Å². The fourth-order valence-electron chi connectivity index (χ4n) is 3.20. The van der Waals surface area contributed by atoms with E-state index in [-0.39, 0.29) is 5.91 Å². The molecule has 0 bridgehead atoms. The minimum absolute atomic E-state index is 0.0183. The second-order valence-corrected chi connectivity index (χ2v) is 7.90. The lowest BCUT2D eigenvalue weighted by molar-refractivity contribution is -0.113. The van der Waals surface area contributed by atoms with Gasteiger partial charge in [0, 0.05) is 24.3 Å². The molecule has 2 heterocycles. The molecule has 1 aromatic heterocycles. The summed E-state index contributed by atoms with van der Waals surface area (Å²) >= 11 is 1.45. The summed E-state index contributed by atoms with van der Waals surface area (Å²) in [6.45, 7) is 7.30. The van der Waals surface area contributed by atoms with Crippen molar-refractivity contribution in [3.8, 4) is 0 Å². The van der Waals surface area contributed by atoms with Crippen molar-refractivity contribution in [3.63, 3.8) is 0 Å². The van der Waals surface area contributed by atoms with Crippen LogP contribution >= 0.6 is 11.8 Å². The van der Waals surface area contributed by atoms with E-state index in [1.165, 1.54) is 31.0 Å². The number of thioether (sulfide) groups is 1. The van der Waals surface area contributed by atoms with Crippen LogP contribution in [0.4, 0.5) is 11.5 Å². The van der Waals surface area contributed by atoms with Gasteiger partial charge in [-0.2, -0.15) is 0 Å². The largest absolute Gasteiger partial charge is 0.354 e. The van der Waals surface area contributed by atoms with Crippen molar-refractivity contribution in [3.05, 3.63) is 41.7 Å². The second-order valence-electron chi connectivity index (χ2n) is 6.91. The summed E-state index contributed by atoms with van der Waals surface area (Å²) < 4.78 is 0. The monoisotopic (exact) mass is 370 g/mol. The highest BCUT2D eigenvalue weighted by Gasteiger charge is 2.20. The van der Waals surface area contributed by atoms with E-state index in [1.54, 1.807) is 6.33 Å². The van der Waals surface area contributed by atoms with E-state index >= 15 is 0 Å². The Labute approximate surface area is 159 Å². The van der Waals surface area contributed by atoms with Crippen molar-refractivity contribution in [2.24, 2.45) is 0 Å². The van der Waals surface area contributed by atoms with E-state index < -0.39 is 0 Å². The molecule has 5 nitrogen and oxygen atoms in total. The highest BCUT2D eigenvalue weighted by Crippen LogP contribution is 2.26. The van der Waals surface area contributed by atoms with Crippen molar-refractivity contribution in [2.45, 2.75) is 51.1 Å². The molecule has 1 aliphatic heterocycles. The van der Waals surface area contributed by atoms with Gasteiger partial charge in [-0.05, 0) is 57.2 Å². The van der Waals surface area contributed by atoms with E-state index in [4.69, 9.17) is 0 Å². The average molecular weight is 371 g/mol. The number of anilines is 2. The van der Waals surface area contributed by atoms with Crippen LogP contribution in [0.15, 0.2) is 35.6 Å². The van der Waals surface area contributed by atoms with E-state index in [9.17, 15) is 4.79 Å². The molecule has 0 saturated carbocycles. The van der Waals surface area contributed by atoms with Crippen molar-refractivity contribution in [2.75, 3.05) is 22.5 Å². The van der Waals surface area contributed by atoms with E-state index in [1.807, 2.05) is 38.1 Å². The first-order valence-electron chi connectivity index (χ1n) is 9.11. The minimum Gasteiger partial charge on any atom is -0.354 e. The molecule has 0 unspecified atom stereocenters. The normalized spacial score (nSPS) is 17.2. The Morgan fingerprint density at radius 2 is 2.12 bits per heavy atom. The van der Waals surface area contributed by atoms with Crippen LogP contribution in [-0.2, 0) is 4.79 Å². The molecule has 0 spiro atoms. The van der Waals surface area contributed by atoms with Gasteiger partial charge in [0.05, 0.1) is 5.75 Å². The molecule has 1 amide bonds. The Kier molecular flexibility index (Phi) is 6.14. The molecule has 2 aromatic rings. The van der Waals surface area contributed by atoms with Crippen LogP contribution in [0, 0.1) is 13.8 Å². The molecule has 3 rings (SSSR count). The van der Waals surface area contributed by atoms with Crippen LogP contribution in [0.25, 0.3) is 0 Å². The number of amides is 1. The van der Waals surface area contributed by atoms with Gasteiger partial charge in [-0.1, -0.05) is 23.9 Å². The zero-order chi connectivity index (χ0) is 18.5. The van der Waals surface area contributed by atoms with Crippen molar-refractivity contribution < 1.29 is 4.79 Å². The van der Waals surface area contributed by atoms with E-state index in [2.05, 4.69) is 27.1 Å². The second kappa shape index (κ2) is 8.54. The van der Waals surface area contributed by atoms with Gasteiger partial charge in [0.1, 0.15) is 17.2 Å². The van der Waals surface area contributed by atoms with Crippen molar-refractivity contribution in [1.29, 1.82) is 0 Å². The lowest BCUT2D eigenvalue weighted by Gasteiger charge is -2.34. The number of nitrogens with one attached hydrogen (secondary N) is 1. The minimum atomic E-state index is -0.0183. The molecule has 0 aliphatic carbocycles.